The van der Waals surface area contributed by atoms with Crippen molar-refractivity contribution in [2.24, 2.45) is 5.92 Å². The lowest BCUT2D eigenvalue weighted by Crippen LogP contribution is -2.25. The number of nitrogens with one attached hydrogen (secondary N) is 1. The van der Waals surface area contributed by atoms with Crippen LogP contribution in [0.4, 0.5) is 4.39 Å². The van der Waals surface area contributed by atoms with Gasteiger partial charge in [0.15, 0.2) is 0 Å². The fraction of sp³-hybridized carbons (Fsp3) is 0.263. The smallest absolute Gasteiger partial charge is 0.335 e. The number of carboxylic acids is 1. The Bertz CT molecular complexity index is 713. The molecule has 24 heavy (non-hydrogen) atoms. The molecule has 2 N–H and O–H groups in total. The van der Waals surface area contributed by atoms with E-state index >= 15 is 0 Å². The van der Waals surface area contributed by atoms with Crippen LogP contribution in [-0.2, 0) is 17.8 Å². The minimum atomic E-state index is -0.975. The molecule has 0 saturated carbocycles. The molecular formula is C19H20FNO3. The Hall–Kier alpha value is -2.69. The van der Waals surface area contributed by atoms with Crippen LogP contribution in [0.2, 0.25) is 0 Å². The average molecular weight is 329 g/mol. The zero-order valence-corrected chi connectivity index (χ0v) is 13.5. The first-order valence-electron chi connectivity index (χ1n) is 7.77. The first-order valence-corrected chi connectivity index (χ1v) is 7.77. The number of rotatable bonds is 7. The molecule has 126 valence electrons. The van der Waals surface area contributed by atoms with Gasteiger partial charge in [-0.1, -0.05) is 31.2 Å². The topological polar surface area (TPSA) is 66.4 Å². The predicted molar refractivity (Wildman–Crippen MR) is 89.1 cm³/mol. The van der Waals surface area contributed by atoms with Gasteiger partial charge in [0, 0.05) is 13.0 Å². The van der Waals surface area contributed by atoms with Crippen LogP contribution in [0.15, 0.2) is 48.5 Å². The summed E-state index contributed by atoms with van der Waals surface area (Å²) in [6.45, 7) is 2.30. The van der Waals surface area contributed by atoms with E-state index in [2.05, 4.69) is 5.32 Å². The van der Waals surface area contributed by atoms with Crippen LogP contribution in [0.5, 0.6) is 0 Å². The van der Waals surface area contributed by atoms with Crippen molar-refractivity contribution >= 4 is 11.9 Å². The van der Waals surface area contributed by atoms with Crippen LogP contribution >= 0.6 is 0 Å². The highest BCUT2D eigenvalue weighted by Gasteiger charge is 2.10. The molecule has 0 radical (unpaired) electrons. The molecule has 2 aromatic rings. The highest BCUT2D eigenvalue weighted by molar-refractivity contribution is 5.87. The summed E-state index contributed by atoms with van der Waals surface area (Å²) < 4.78 is 13.2. The zero-order chi connectivity index (χ0) is 17.5. The first-order chi connectivity index (χ1) is 11.4. The van der Waals surface area contributed by atoms with Gasteiger partial charge in [0.05, 0.1) is 5.56 Å². The second-order valence-electron chi connectivity index (χ2n) is 5.92. The van der Waals surface area contributed by atoms with Gasteiger partial charge >= 0.3 is 5.97 Å². The van der Waals surface area contributed by atoms with E-state index in [9.17, 15) is 14.0 Å². The molecule has 1 amide bonds. The molecular weight excluding hydrogens is 309 g/mol. The van der Waals surface area contributed by atoms with Crippen LogP contribution in [0, 0.1) is 11.7 Å². The second kappa shape index (κ2) is 8.24. The van der Waals surface area contributed by atoms with Crippen molar-refractivity contribution < 1.29 is 19.1 Å². The Balaban J connectivity index is 1.79. The molecule has 2 aromatic carbocycles. The molecule has 1 atom stereocenters. The lowest BCUT2D eigenvalue weighted by molar-refractivity contribution is -0.122. The summed E-state index contributed by atoms with van der Waals surface area (Å²) in [4.78, 5) is 22.8. The Kier molecular flexibility index (Phi) is 6.07. The summed E-state index contributed by atoms with van der Waals surface area (Å²) >= 11 is 0. The van der Waals surface area contributed by atoms with Gasteiger partial charge in [-0.15, -0.1) is 0 Å². The fourth-order valence-electron chi connectivity index (χ4n) is 2.49. The Morgan fingerprint density at radius 2 is 1.83 bits per heavy atom. The molecule has 0 aliphatic heterocycles. The highest BCUT2D eigenvalue weighted by Crippen LogP contribution is 2.13. The van der Waals surface area contributed by atoms with Crippen molar-refractivity contribution in [2.45, 2.75) is 26.3 Å². The number of amides is 1. The maximum atomic E-state index is 13.2. The van der Waals surface area contributed by atoms with Gasteiger partial charge in [0.1, 0.15) is 5.82 Å². The molecule has 0 saturated heterocycles. The Labute approximate surface area is 140 Å². The van der Waals surface area contributed by atoms with Gasteiger partial charge in [-0.25, -0.2) is 9.18 Å². The molecule has 0 aromatic heterocycles. The monoisotopic (exact) mass is 329 g/mol. The second-order valence-corrected chi connectivity index (χ2v) is 5.92. The van der Waals surface area contributed by atoms with E-state index in [1.807, 2.05) is 13.0 Å². The van der Waals surface area contributed by atoms with E-state index in [0.29, 0.717) is 19.4 Å². The molecule has 0 fully saturated rings. The zero-order valence-electron chi connectivity index (χ0n) is 13.5. The van der Waals surface area contributed by atoms with E-state index in [-0.39, 0.29) is 23.2 Å². The van der Waals surface area contributed by atoms with E-state index in [0.717, 1.165) is 11.1 Å². The van der Waals surface area contributed by atoms with Gasteiger partial charge in [-0.05, 0) is 47.7 Å². The quantitative estimate of drug-likeness (QED) is 0.818. The summed E-state index contributed by atoms with van der Waals surface area (Å²) in [6, 6.07) is 12.8. The van der Waals surface area contributed by atoms with Crippen molar-refractivity contribution in [3.05, 3.63) is 71.0 Å². The molecule has 0 aliphatic rings. The largest absolute Gasteiger partial charge is 0.478 e. The van der Waals surface area contributed by atoms with Crippen LogP contribution in [0.25, 0.3) is 0 Å². The molecule has 0 bridgehead atoms. The molecule has 0 heterocycles. The minimum absolute atomic E-state index is 0.0822. The van der Waals surface area contributed by atoms with E-state index in [1.165, 1.54) is 24.3 Å². The number of carbonyl (C=O) groups is 2. The predicted octanol–water partition coefficient (Wildman–Crippen LogP) is 3.41. The summed E-state index contributed by atoms with van der Waals surface area (Å²) in [7, 11) is 0. The van der Waals surface area contributed by atoms with Crippen molar-refractivity contribution in [1.29, 1.82) is 0 Å². The fourth-order valence-corrected chi connectivity index (χ4v) is 2.49. The van der Waals surface area contributed by atoms with Crippen LogP contribution in [0.1, 0.15) is 34.8 Å². The third-order valence-electron chi connectivity index (χ3n) is 3.70. The molecule has 1 unspecified atom stereocenters. The molecule has 4 nitrogen and oxygen atoms in total. The molecule has 0 spiro atoms. The van der Waals surface area contributed by atoms with E-state index < -0.39 is 5.97 Å². The summed E-state index contributed by atoms with van der Waals surface area (Å²) in [5, 5.41) is 11.7. The number of aromatic carboxylic acids is 1. The maximum Gasteiger partial charge on any atom is 0.335 e. The maximum absolute atomic E-state index is 13.2. The van der Waals surface area contributed by atoms with E-state index in [1.54, 1.807) is 18.2 Å². The Morgan fingerprint density at radius 1 is 1.12 bits per heavy atom. The number of halogens is 1. The van der Waals surface area contributed by atoms with Gasteiger partial charge in [-0.2, -0.15) is 0 Å². The average Bonchev–Trinajstić information content (AvgIpc) is 2.53. The number of carbonyl (C=O) groups excluding carboxylic acids is 1. The number of hydrogen-bond donors (Lipinski definition) is 2. The van der Waals surface area contributed by atoms with Crippen LogP contribution in [0.3, 0.4) is 0 Å². The van der Waals surface area contributed by atoms with Crippen molar-refractivity contribution in [1.82, 2.24) is 5.32 Å². The standard InChI is InChI=1S/C19H20FNO3/c1-13(9-15-3-2-4-17(20)11-15)10-18(22)21-12-14-5-7-16(8-6-14)19(23)24/h2-8,11,13H,9-10,12H2,1H3,(H,21,22)(H,23,24). The Morgan fingerprint density at radius 3 is 2.46 bits per heavy atom. The lowest BCUT2D eigenvalue weighted by Gasteiger charge is -2.12. The molecule has 2 rings (SSSR count). The van der Waals surface area contributed by atoms with Gasteiger partial charge in [0.25, 0.3) is 0 Å². The third kappa shape index (κ3) is 5.50. The number of benzene rings is 2. The molecule has 5 heteroatoms. The number of carboxylic acid groups (broad SMARTS) is 1. The van der Waals surface area contributed by atoms with Crippen molar-refractivity contribution in [2.75, 3.05) is 0 Å². The van der Waals surface area contributed by atoms with Crippen LogP contribution < -0.4 is 5.32 Å². The third-order valence-corrected chi connectivity index (χ3v) is 3.70. The van der Waals surface area contributed by atoms with Gasteiger partial charge in [-0.3, -0.25) is 4.79 Å². The summed E-state index contributed by atoms with van der Waals surface area (Å²) in [5.74, 6) is -1.23. The summed E-state index contributed by atoms with van der Waals surface area (Å²) in [6.07, 6.45) is 0.988. The number of hydrogen-bond acceptors (Lipinski definition) is 2. The lowest BCUT2D eigenvalue weighted by atomic mass is 9.97. The van der Waals surface area contributed by atoms with Gasteiger partial charge < -0.3 is 10.4 Å². The van der Waals surface area contributed by atoms with Crippen LogP contribution in [-0.4, -0.2) is 17.0 Å². The molecule has 0 aliphatic carbocycles. The van der Waals surface area contributed by atoms with E-state index in [4.69, 9.17) is 5.11 Å². The first kappa shape index (κ1) is 17.7. The van der Waals surface area contributed by atoms with Gasteiger partial charge in [0.2, 0.25) is 5.91 Å². The summed E-state index contributed by atoms with van der Waals surface area (Å²) in [5.41, 5.74) is 1.93. The van der Waals surface area contributed by atoms with Crippen molar-refractivity contribution in [3.63, 3.8) is 0 Å². The highest BCUT2D eigenvalue weighted by atomic mass is 19.1. The minimum Gasteiger partial charge on any atom is -0.478 e. The normalized spacial score (nSPS) is 11.8. The van der Waals surface area contributed by atoms with Crippen molar-refractivity contribution in [3.8, 4) is 0 Å². The SMILES string of the molecule is CC(CC(=O)NCc1ccc(C(=O)O)cc1)Cc1cccc(F)c1.